The van der Waals surface area contributed by atoms with Crippen LogP contribution >= 0.6 is 12.4 Å². The normalized spacial score (nSPS) is 17.8. The van der Waals surface area contributed by atoms with E-state index in [4.69, 9.17) is 0 Å². The zero-order chi connectivity index (χ0) is 16.8. The summed E-state index contributed by atoms with van der Waals surface area (Å²) in [5.74, 6) is -0.849. The molecule has 24 heavy (non-hydrogen) atoms. The van der Waals surface area contributed by atoms with Gasteiger partial charge in [-0.15, -0.1) is 12.4 Å². The van der Waals surface area contributed by atoms with E-state index in [0.717, 1.165) is 12.1 Å². The Balaban J connectivity index is 0.00000288. The number of likely N-dealkylation sites (N-methyl/N-ethyl adjacent to an activating group) is 1. The smallest absolute Gasteiger partial charge is 0.251 e. The first-order chi connectivity index (χ1) is 11.0. The third-order valence-electron chi connectivity index (χ3n) is 3.88. The molecule has 3 amide bonds. The Morgan fingerprint density at radius 3 is 2.50 bits per heavy atom. The van der Waals surface area contributed by atoms with E-state index in [1.54, 1.807) is 12.1 Å². The first kappa shape index (κ1) is 20.1. The van der Waals surface area contributed by atoms with Crippen molar-refractivity contribution in [1.82, 2.24) is 16.0 Å². The molecule has 132 valence electrons. The summed E-state index contributed by atoms with van der Waals surface area (Å²) >= 11 is 0. The van der Waals surface area contributed by atoms with Crippen LogP contribution in [0.5, 0.6) is 0 Å². The van der Waals surface area contributed by atoms with E-state index in [1.807, 2.05) is 26.0 Å². The molecule has 1 unspecified atom stereocenters. The zero-order valence-corrected chi connectivity index (χ0v) is 14.7. The van der Waals surface area contributed by atoms with Gasteiger partial charge in [0.2, 0.25) is 11.8 Å². The van der Waals surface area contributed by atoms with Crippen LogP contribution in [0.3, 0.4) is 0 Å². The SMILES string of the molecule is CCN[C@H](C)CNC(=O)c1ccc(CC2CC(=O)NC2=O)cc1.Cl. The summed E-state index contributed by atoms with van der Waals surface area (Å²) in [7, 11) is 0. The minimum atomic E-state index is -0.303. The Kier molecular flexibility index (Phi) is 7.88. The van der Waals surface area contributed by atoms with Crippen LogP contribution in [-0.4, -0.2) is 36.9 Å². The Hall–Kier alpha value is -1.92. The van der Waals surface area contributed by atoms with Gasteiger partial charge in [-0.05, 0) is 37.6 Å². The minimum Gasteiger partial charge on any atom is -0.350 e. The van der Waals surface area contributed by atoms with Gasteiger partial charge in [-0.25, -0.2) is 0 Å². The molecule has 1 heterocycles. The van der Waals surface area contributed by atoms with E-state index < -0.39 is 0 Å². The summed E-state index contributed by atoms with van der Waals surface area (Å²) < 4.78 is 0. The molecule has 0 bridgehead atoms. The Bertz CT molecular complexity index is 589. The third-order valence-corrected chi connectivity index (χ3v) is 3.88. The predicted octanol–water partition coefficient (Wildman–Crippen LogP) is 1.04. The summed E-state index contributed by atoms with van der Waals surface area (Å²) in [6, 6.07) is 7.38. The molecule has 0 aromatic heterocycles. The minimum absolute atomic E-state index is 0. The maximum absolute atomic E-state index is 12.1. The lowest BCUT2D eigenvalue weighted by atomic mass is 9.97. The topological polar surface area (TPSA) is 87.3 Å². The largest absolute Gasteiger partial charge is 0.350 e. The Morgan fingerprint density at radius 2 is 1.96 bits per heavy atom. The van der Waals surface area contributed by atoms with Crippen molar-refractivity contribution >= 4 is 30.1 Å². The van der Waals surface area contributed by atoms with Gasteiger partial charge in [-0.2, -0.15) is 0 Å². The first-order valence-corrected chi connectivity index (χ1v) is 7.93. The van der Waals surface area contributed by atoms with E-state index in [1.165, 1.54) is 0 Å². The molecule has 2 atom stereocenters. The Labute approximate surface area is 148 Å². The van der Waals surface area contributed by atoms with Crippen LogP contribution in [0.15, 0.2) is 24.3 Å². The van der Waals surface area contributed by atoms with E-state index in [2.05, 4.69) is 16.0 Å². The second kappa shape index (κ2) is 9.39. The maximum atomic E-state index is 12.1. The number of hydrogen-bond donors (Lipinski definition) is 3. The van der Waals surface area contributed by atoms with Crippen molar-refractivity contribution in [3.63, 3.8) is 0 Å². The lowest BCUT2D eigenvalue weighted by Gasteiger charge is -2.13. The maximum Gasteiger partial charge on any atom is 0.251 e. The third kappa shape index (κ3) is 5.62. The zero-order valence-electron chi connectivity index (χ0n) is 13.9. The van der Waals surface area contributed by atoms with Crippen molar-refractivity contribution in [2.45, 2.75) is 32.7 Å². The number of hydrogen-bond acceptors (Lipinski definition) is 4. The highest BCUT2D eigenvalue weighted by Crippen LogP contribution is 2.17. The van der Waals surface area contributed by atoms with Crippen LogP contribution in [0, 0.1) is 5.92 Å². The number of amides is 3. The highest BCUT2D eigenvalue weighted by atomic mass is 35.5. The fraction of sp³-hybridized carbons (Fsp3) is 0.471. The van der Waals surface area contributed by atoms with Gasteiger partial charge in [-0.1, -0.05) is 19.1 Å². The Morgan fingerprint density at radius 1 is 1.29 bits per heavy atom. The second-order valence-corrected chi connectivity index (χ2v) is 5.88. The summed E-state index contributed by atoms with van der Waals surface area (Å²) in [6.07, 6.45) is 0.750. The monoisotopic (exact) mass is 353 g/mol. The van der Waals surface area contributed by atoms with Gasteiger partial charge in [-0.3, -0.25) is 19.7 Å². The molecule has 6 nitrogen and oxygen atoms in total. The van der Waals surface area contributed by atoms with Gasteiger partial charge < -0.3 is 10.6 Å². The van der Waals surface area contributed by atoms with Crippen LogP contribution in [-0.2, 0) is 16.0 Å². The van der Waals surface area contributed by atoms with Gasteiger partial charge in [0.05, 0.1) is 5.92 Å². The molecular formula is C17H24ClN3O3. The molecule has 1 aromatic rings. The molecule has 1 aromatic carbocycles. The number of rotatable bonds is 7. The van der Waals surface area contributed by atoms with Gasteiger partial charge in [0, 0.05) is 24.6 Å². The molecule has 7 heteroatoms. The van der Waals surface area contributed by atoms with Gasteiger partial charge in [0.25, 0.3) is 5.91 Å². The average Bonchev–Trinajstić information content (AvgIpc) is 2.83. The molecule has 1 fully saturated rings. The highest BCUT2D eigenvalue weighted by Gasteiger charge is 2.30. The molecule has 1 aliphatic rings. The number of benzene rings is 1. The molecule has 3 N–H and O–H groups in total. The first-order valence-electron chi connectivity index (χ1n) is 7.93. The van der Waals surface area contributed by atoms with Crippen LogP contribution in [0.25, 0.3) is 0 Å². The van der Waals surface area contributed by atoms with E-state index in [9.17, 15) is 14.4 Å². The number of imide groups is 1. The van der Waals surface area contributed by atoms with Crippen LogP contribution in [0.2, 0.25) is 0 Å². The van der Waals surface area contributed by atoms with Crippen LogP contribution in [0.4, 0.5) is 0 Å². The van der Waals surface area contributed by atoms with Gasteiger partial charge in [0.15, 0.2) is 0 Å². The van der Waals surface area contributed by atoms with Gasteiger partial charge in [0.1, 0.15) is 0 Å². The van der Waals surface area contributed by atoms with Crippen LogP contribution in [0.1, 0.15) is 36.2 Å². The lowest BCUT2D eigenvalue weighted by Crippen LogP contribution is -2.38. The van der Waals surface area contributed by atoms with Crippen molar-refractivity contribution in [2.24, 2.45) is 5.92 Å². The number of nitrogens with one attached hydrogen (secondary N) is 3. The predicted molar refractivity (Wildman–Crippen MR) is 94.1 cm³/mol. The summed E-state index contributed by atoms with van der Waals surface area (Å²) in [5, 5.41) is 8.41. The van der Waals surface area contributed by atoms with E-state index in [-0.39, 0.29) is 48.5 Å². The fourth-order valence-electron chi connectivity index (χ4n) is 2.62. The molecule has 2 rings (SSSR count). The molecular weight excluding hydrogens is 330 g/mol. The molecule has 1 aliphatic heterocycles. The fourth-order valence-corrected chi connectivity index (χ4v) is 2.62. The molecule has 0 saturated carbocycles. The molecule has 1 saturated heterocycles. The standard InChI is InChI=1S/C17H23N3O3.ClH/c1-3-18-11(2)10-19-16(22)13-6-4-12(5-7-13)8-14-9-15(21)20-17(14)23;/h4-7,11,14,18H,3,8-10H2,1-2H3,(H,19,22)(H,20,21,23);1H/t11-,14?;/m1./s1. The summed E-state index contributed by atoms with van der Waals surface area (Å²) in [4.78, 5) is 34.8. The quantitative estimate of drug-likeness (QED) is 0.639. The summed E-state index contributed by atoms with van der Waals surface area (Å²) in [5.41, 5.74) is 1.53. The number of halogens is 1. The number of carbonyl (C=O) groups excluding carboxylic acids is 3. The van der Waals surface area contributed by atoms with Gasteiger partial charge >= 0.3 is 0 Å². The molecule has 0 spiro atoms. The molecule has 0 aliphatic carbocycles. The number of carbonyl (C=O) groups is 3. The van der Waals surface area contributed by atoms with Crippen molar-refractivity contribution in [1.29, 1.82) is 0 Å². The van der Waals surface area contributed by atoms with E-state index >= 15 is 0 Å². The lowest BCUT2D eigenvalue weighted by molar-refractivity contribution is -0.125. The van der Waals surface area contributed by atoms with Crippen molar-refractivity contribution in [2.75, 3.05) is 13.1 Å². The van der Waals surface area contributed by atoms with Crippen molar-refractivity contribution < 1.29 is 14.4 Å². The summed E-state index contributed by atoms with van der Waals surface area (Å²) in [6.45, 7) is 5.47. The van der Waals surface area contributed by atoms with Crippen molar-refractivity contribution in [3.8, 4) is 0 Å². The van der Waals surface area contributed by atoms with E-state index in [0.29, 0.717) is 18.5 Å². The molecule has 0 radical (unpaired) electrons. The second-order valence-electron chi connectivity index (χ2n) is 5.88. The average molecular weight is 354 g/mol. The van der Waals surface area contributed by atoms with Crippen molar-refractivity contribution in [3.05, 3.63) is 35.4 Å². The van der Waals surface area contributed by atoms with Crippen LogP contribution < -0.4 is 16.0 Å². The highest BCUT2D eigenvalue weighted by molar-refractivity contribution is 6.03.